The van der Waals surface area contributed by atoms with Crippen molar-refractivity contribution in [1.29, 1.82) is 0 Å². The van der Waals surface area contributed by atoms with Gasteiger partial charge in [-0.15, -0.1) is 0 Å². The van der Waals surface area contributed by atoms with Gasteiger partial charge in [0, 0.05) is 47.9 Å². The van der Waals surface area contributed by atoms with E-state index in [1.54, 1.807) is 0 Å². The molecule has 5 heteroatoms. The van der Waals surface area contributed by atoms with Crippen LogP contribution in [-0.2, 0) is 6.42 Å². The normalized spacial score (nSPS) is 33.8. The van der Waals surface area contributed by atoms with E-state index in [1.807, 2.05) is 0 Å². The molecule has 0 radical (unpaired) electrons. The number of rotatable bonds is 5. The summed E-state index contributed by atoms with van der Waals surface area (Å²) in [6.45, 7) is 4.60. The maximum atomic E-state index is 9.88. The van der Waals surface area contributed by atoms with Crippen molar-refractivity contribution in [3.8, 4) is 5.75 Å². The van der Waals surface area contributed by atoms with Crippen LogP contribution in [0.2, 0.25) is 0 Å². The van der Waals surface area contributed by atoms with Gasteiger partial charge in [-0.05, 0) is 67.3 Å². The number of aromatic amines is 1. The third-order valence-electron chi connectivity index (χ3n) is 8.61. The monoisotopic (exact) mass is 429 g/mol. The van der Waals surface area contributed by atoms with Gasteiger partial charge in [0.05, 0.1) is 6.04 Å². The van der Waals surface area contributed by atoms with Crippen molar-refractivity contribution in [2.45, 2.75) is 56.3 Å². The average molecular weight is 430 g/mol. The van der Waals surface area contributed by atoms with E-state index in [2.05, 4.69) is 70.7 Å². The van der Waals surface area contributed by atoms with Crippen molar-refractivity contribution in [2.75, 3.05) is 19.7 Å². The number of nitrogens with one attached hydrogen (secondary N) is 2. The van der Waals surface area contributed by atoms with Crippen LogP contribution in [0.3, 0.4) is 0 Å². The Morgan fingerprint density at radius 2 is 1.81 bits per heavy atom. The lowest BCUT2D eigenvalue weighted by Gasteiger charge is -2.76. The lowest BCUT2D eigenvalue weighted by Crippen LogP contribution is -2.77. The predicted octanol–water partition coefficient (Wildman–Crippen LogP) is 3.77. The van der Waals surface area contributed by atoms with Crippen molar-refractivity contribution in [3.05, 3.63) is 65.4 Å². The van der Waals surface area contributed by atoms with E-state index in [0.717, 1.165) is 44.5 Å². The van der Waals surface area contributed by atoms with Crippen LogP contribution in [0.25, 0.3) is 10.9 Å². The highest BCUT2D eigenvalue weighted by atomic mass is 16.5. The zero-order valence-electron chi connectivity index (χ0n) is 18.6. The summed E-state index contributed by atoms with van der Waals surface area (Å²) in [5, 5.41) is 14.5. The average Bonchev–Trinajstić information content (AvgIpc) is 3.08. The molecule has 1 aromatic heterocycles. The van der Waals surface area contributed by atoms with Crippen molar-refractivity contribution < 1.29 is 9.84 Å². The first-order valence-corrected chi connectivity index (χ1v) is 12.1. The molecule has 8 rings (SSSR count). The summed E-state index contributed by atoms with van der Waals surface area (Å²) in [5.74, 6) is 0.956. The number of H-pyrrole nitrogens is 1. The van der Waals surface area contributed by atoms with Crippen LogP contribution in [0.15, 0.2) is 48.5 Å². The fourth-order valence-corrected chi connectivity index (χ4v) is 7.18. The van der Waals surface area contributed by atoms with Gasteiger partial charge < -0.3 is 20.1 Å². The number of fused-ring (bicyclic) bond motifs is 3. The van der Waals surface area contributed by atoms with E-state index in [0.29, 0.717) is 18.8 Å². The number of nitrogens with zero attached hydrogens (tertiary/aromatic N) is 1. The molecule has 3 N–H and O–H groups in total. The molecule has 4 fully saturated rings. The van der Waals surface area contributed by atoms with Crippen molar-refractivity contribution >= 4 is 10.9 Å². The summed E-state index contributed by atoms with van der Waals surface area (Å²) in [6, 6.07) is 18.2. The first-order chi connectivity index (χ1) is 15.6. The number of para-hydroxylation sites is 1. The SMILES string of the molecule is CC1Cc2c([nH]c3ccccc23)[C@@H](c2ccc(OC3CNC3)cc2)N1C12CC(CO)(C1)C2. The summed E-state index contributed by atoms with van der Waals surface area (Å²) in [6.07, 6.45) is 4.75. The molecule has 1 unspecified atom stereocenters. The molecule has 3 aliphatic carbocycles. The van der Waals surface area contributed by atoms with Crippen LogP contribution in [0, 0.1) is 5.41 Å². The minimum atomic E-state index is 0.194. The number of ether oxygens (including phenoxy) is 1. The Kier molecular flexibility index (Phi) is 3.95. The molecule has 0 amide bonds. The van der Waals surface area contributed by atoms with Crippen LogP contribution in [0.1, 0.15) is 49.0 Å². The van der Waals surface area contributed by atoms with E-state index in [1.165, 1.54) is 27.7 Å². The minimum Gasteiger partial charge on any atom is -0.488 e. The smallest absolute Gasteiger partial charge is 0.123 e. The van der Waals surface area contributed by atoms with Gasteiger partial charge >= 0.3 is 0 Å². The third kappa shape index (κ3) is 2.56. The second-order valence-corrected chi connectivity index (χ2v) is 10.8. The quantitative estimate of drug-likeness (QED) is 0.578. The largest absolute Gasteiger partial charge is 0.488 e. The van der Waals surface area contributed by atoms with Gasteiger partial charge in [-0.3, -0.25) is 4.90 Å². The van der Waals surface area contributed by atoms with E-state index >= 15 is 0 Å². The Morgan fingerprint density at radius 3 is 2.50 bits per heavy atom. The van der Waals surface area contributed by atoms with Gasteiger partial charge in [-0.25, -0.2) is 0 Å². The van der Waals surface area contributed by atoms with Crippen LogP contribution in [0.5, 0.6) is 5.75 Å². The van der Waals surface area contributed by atoms with Crippen molar-refractivity contribution in [2.24, 2.45) is 5.41 Å². The Balaban J connectivity index is 1.31. The number of benzene rings is 2. The minimum absolute atomic E-state index is 0.194. The maximum absolute atomic E-state index is 9.88. The van der Waals surface area contributed by atoms with E-state index in [9.17, 15) is 5.11 Å². The number of aliphatic hydroxyl groups excluding tert-OH is 1. The molecule has 3 aromatic rings. The third-order valence-corrected chi connectivity index (χ3v) is 8.61. The van der Waals surface area contributed by atoms with Gasteiger partial charge in [0.2, 0.25) is 0 Å². The van der Waals surface area contributed by atoms with Crippen LogP contribution >= 0.6 is 0 Å². The molecule has 2 aromatic carbocycles. The molecular formula is C27H31N3O2. The van der Waals surface area contributed by atoms with Crippen LogP contribution < -0.4 is 10.1 Å². The number of hydrogen-bond donors (Lipinski definition) is 3. The van der Waals surface area contributed by atoms with Crippen LogP contribution in [-0.4, -0.2) is 52.4 Å². The highest BCUT2D eigenvalue weighted by molar-refractivity contribution is 5.85. The fraction of sp³-hybridized carbons (Fsp3) is 0.481. The van der Waals surface area contributed by atoms with Gasteiger partial charge in [-0.2, -0.15) is 0 Å². The summed E-state index contributed by atoms with van der Waals surface area (Å²) in [5.41, 5.74) is 5.81. The number of hydrogen-bond acceptors (Lipinski definition) is 4. The summed E-state index contributed by atoms with van der Waals surface area (Å²) in [4.78, 5) is 6.60. The topological polar surface area (TPSA) is 60.5 Å². The fourth-order valence-electron chi connectivity index (χ4n) is 7.18. The maximum Gasteiger partial charge on any atom is 0.123 e. The standard InChI is InChI=1S/C27H31N3O2/c1-17-10-22-21-4-2-3-5-23(21)29-24(22)25(30(17)27-13-26(14-27,15-27)16-31)18-6-8-19(9-7-18)32-20-11-28-12-20/h2-9,17,20,25,28-29,31H,10-16H2,1H3/t17?,25-,26?,27?/m1/s1. The Hall–Kier alpha value is -2.34. The first-order valence-electron chi connectivity index (χ1n) is 12.1. The molecule has 5 aliphatic rings. The van der Waals surface area contributed by atoms with E-state index in [4.69, 9.17) is 4.74 Å². The van der Waals surface area contributed by atoms with Gasteiger partial charge in [0.15, 0.2) is 0 Å². The molecule has 5 nitrogen and oxygen atoms in total. The second kappa shape index (κ2) is 6.60. The highest BCUT2D eigenvalue weighted by Gasteiger charge is 2.71. The van der Waals surface area contributed by atoms with Gasteiger partial charge in [-0.1, -0.05) is 30.3 Å². The zero-order chi connectivity index (χ0) is 21.5. The predicted molar refractivity (Wildman–Crippen MR) is 125 cm³/mol. The Bertz CT molecular complexity index is 1160. The molecule has 2 bridgehead atoms. The molecular weight excluding hydrogens is 398 g/mol. The molecule has 3 heterocycles. The van der Waals surface area contributed by atoms with Crippen molar-refractivity contribution in [1.82, 2.24) is 15.2 Å². The van der Waals surface area contributed by atoms with E-state index < -0.39 is 0 Å². The Labute approximate surface area is 188 Å². The van der Waals surface area contributed by atoms with Gasteiger partial charge in [0.25, 0.3) is 0 Å². The van der Waals surface area contributed by atoms with Crippen LogP contribution in [0.4, 0.5) is 0 Å². The van der Waals surface area contributed by atoms with Gasteiger partial charge in [0.1, 0.15) is 11.9 Å². The van der Waals surface area contributed by atoms with Crippen molar-refractivity contribution in [3.63, 3.8) is 0 Å². The highest BCUT2D eigenvalue weighted by Crippen LogP contribution is 2.71. The molecule has 32 heavy (non-hydrogen) atoms. The van der Waals surface area contributed by atoms with E-state index in [-0.39, 0.29) is 17.0 Å². The molecule has 0 spiro atoms. The molecule has 1 saturated heterocycles. The second-order valence-electron chi connectivity index (χ2n) is 10.8. The first kappa shape index (κ1) is 19.2. The molecule has 2 atom stereocenters. The zero-order valence-corrected chi connectivity index (χ0v) is 18.6. The summed E-state index contributed by atoms with van der Waals surface area (Å²) < 4.78 is 6.08. The molecule has 3 saturated carbocycles. The molecule has 166 valence electrons. The Morgan fingerprint density at radius 1 is 1.06 bits per heavy atom. The number of aromatic nitrogens is 1. The number of aliphatic hydroxyl groups is 1. The summed E-state index contributed by atoms with van der Waals surface area (Å²) in [7, 11) is 0. The summed E-state index contributed by atoms with van der Waals surface area (Å²) >= 11 is 0. The lowest BCUT2D eigenvalue weighted by atomic mass is 9.38. The molecule has 2 aliphatic heterocycles. The lowest BCUT2D eigenvalue weighted by molar-refractivity contribution is -0.254.